The van der Waals surface area contributed by atoms with Gasteiger partial charge in [-0.2, -0.15) is 0 Å². The van der Waals surface area contributed by atoms with E-state index in [1.807, 2.05) is 31.0 Å². The van der Waals surface area contributed by atoms with Crippen molar-refractivity contribution >= 4 is 23.3 Å². The Kier molecular flexibility index (Phi) is 5.66. The predicted octanol–water partition coefficient (Wildman–Crippen LogP) is 2.67. The zero-order valence-corrected chi connectivity index (χ0v) is 11.6. The summed E-state index contributed by atoms with van der Waals surface area (Å²) in [6, 6.07) is 7.33. The lowest BCUT2D eigenvalue weighted by Gasteiger charge is -2.18. The Labute approximate surface area is 113 Å². The van der Waals surface area contributed by atoms with Gasteiger partial charge < -0.3 is 14.5 Å². The molecule has 0 unspecified atom stereocenters. The van der Waals surface area contributed by atoms with Crippen LogP contribution in [0.2, 0.25) is 0 Å². The van der Waals surface area contributed by atoms with Crippen LogP contribution in [0.25, 0.3) is 0 Å². The highest BCUT2D eigenvalue weighted by Crippen LogP contribution is 2.17. The number of benzene rings is 1. The first-order valence-corrected chi connectivity index (χ1v) is 5.93. The second kappa shape index (κ2) is 7.25. The topological polar surface area (TPSA) is 63.2 Å². The molecule has 1 rings (SSSR count). The molecule has 0 spiro atoms. The average molecular weight is 265 g/mol. The van der Waals surface area contributed by atoms with E-state index in [0.29, 0.717) is 12.3 Å². The van der Waals surface area contributed by atoms with Crippen LogP contribution in [-0.4, -0.2) is 32.7 Å². The van der Waals surface area contributed by atoms with Crippen LogP contribution in [0.4, 0.5) is 16.2 Å². The number of amidine groups is 1. The highest BCUT2D eigenvalue weighted by Gasteiger charge is 2.06. The molecule has 6 heteroatoms. The molecular weight excluding hydrogens is 246 g/mol. The minimum absolute atomic E-state index is 0.347. The maximum Gasteiger partial charge on any atom is 0.411 e. The molecule has 0 saturated carbocycles. The summed E-state index contributed by atoms with van der Waals surface area (Å²) in [6.45, 7) is 3.95. The lowest BCUT2D eigenvalue weighted by atomic mass is 10.2. The molecule has 0 aromatic heterocycles. The van der Waals surface area contributed by atoms with Crippen molar-refractivity contribution in [2.24, 2.45) is 5.16 Å². The van der Waals surface area contributed by atoms with Gasteiger partial charge in [-0.3, -0.25) is 5.32 Å². The van der Waals surface area contributed by atoms with Crippen molar-refractivity contribution in [1.29, 1.82) is 0 Å². The van der Waals surface area contributed by atoms with Crippen LogP contribution < -0.4 is 10.2 Å². The molecule has 0 bridgehead atoms. The monoisotopic (exact) mass is 265 g/mol. The van der Waals surface area contributed by atoms with Gasteiger partial charge in [-0.15, -0.1) is 0 Å². The third-order valence-corrected chi connectivity index (χ3v) is 2.49. The van der Waals surface area contributed by atoms with E-state index in [2.05, 4.69) is 10.5 Å². The highest BCUT2D eigenvalue weighted by atomic mass is 16.6. The second-order valence-corrected chi connectivity index (χ2v) is 3.77. The summed E-state index contributed by atoms with van der Waals surface area (Å²) < 4.78 is 4.80. The Balaban J connectivity index is 2.71. The number of rotatable bonds is 4. The van der Waals surface area contributed by atoms with Gasteiger partial charge >= 0.3 is 6.09 Å². The van der Waals surface area contributed by atoms with Crippen LogP contribution in [0.1, 0.15) is 13.8 Å². The van der Waals surface area contributed by atoms with E-state index in [1.165, 1.54) is 7.11 Å². The fourth-order valence-corrected chi connectivity index (χ4v) is 1.43. The molecule has 19 heavy (non-hydrogen) atoms. The average Bonchev–Trinajstić information content (AvgIpc) is 2.39. The highest BCUT2D eigenvalue weighted by molar-refractivity contribution is 5.95. The van der Waals surface area contributed by atoms with Crippen LogP contribution in [0.15, 0.2) is 29.4 Å². The van der Waals surface area contributed by atoms with Gasteiger partial charge in [0.25, 0.3) is 0 Å². The molecule has 0 aliphatic rings. The smallest absolute Gasteiger partial charge is 0.411 e. The Morgan fingerprint density at radius 2 is 2.00 bits per heavy atom. The summed E-state index contributed by atoms with van der Waals surface area (Å²) >= 11 is 0. The summed E-state index contributed by atoms with van der Waals surface area (Å²) in [6.07, 6.45) is -0.458. The van der Waals surface area contributed by atoms with Crippen LogP contribution in [0, 0.1) is 0 Å². The van der Waals surface area contributed by atoms with Gasteiger partial charge in [0.05, 0.1) is 6.61 Å². The maximum absolute atomic E-state index is 11.2. The first-order chi connectivity index (χ1) is 9.08. The first kappa shape index (κ1) is 14.8. The van der Waals surface area contributed by atoms with Gasteiger partial charge in [0.1, 0.15) is 12.9 Å². The Hall–Kier alpha value is -2.24. The lowest BCUT2D eigenvalue weighted by molar-refractivity contribution is 0.168. The van der Waals surface area contributed by atoms with Gasteiger partial charge in [-0.1, -0.05) is 5.16 Å². The minimum Gasteiger partial charge on any atom is -0.450 e. The predicted molar refractivity (Wildman–Crippen MR) is 75.6 cm³/mol. The van der Waals surface area contributed by atoms with Crippen molar-refractivity contribution in [3.8, 4) is 0 Å². The number of oxime groups is 1. The van der Waals surface area contributed by atoms with Crippen molar-refractivity contribution in [1.82, 2.24) is 0 Å². The van der Waals surface area contributed by atoms with Crippen molar-refractivity contribution in [2.75, 3.05) is 31.0 Å². The van der Waals surface area contributed by atoms with Crippen LogP contribution in [0.5, 0.6) is 0 Å². The van der Waals surface area contributed by atoms with Gasteiger partial charge in [0, 0.05) is 18.4 Å². The van der Waals surface area contributed by atoms with Gasteiger partial charge in [-0.05, 0) is 38.1 Å². The number of hydrogen-bond donors (Lipinski definition) is 1. The third-order valence-electron chi connectivity index (χ3n) is 2.49. The molecule has 104 valence electrons. The van der Waals surface area contributed by atoms with E-state index in [9.17, 15) is 4.79 Å². The Bertz CT molecular complexity index is 443. The normalized spacial score (nSPS) is 10.8. The largest absolute Gasteiger partial charge is 0.450 e. The summed E-state index contributed by atoms with van der Waals surface area (Å²) in [5.74, 6) is 0.730. The van der Waals surface area contributed by atoms with Crippen molar-refractivity contribution in [3.05, 3.63) is 24.3 Å². The molecule has 0 aliphatic heterocycles. The molecule has 0 saturated heterocycles. The summed E-state index contributed by atoms with van der Waals surface area (Å²) in [5, 5.41) is 6.48. The van der Waals surface area contributed by atoms with Crippen LogP contribution >= 0.6 is 0 Å². The number of hydrogen-bond acceptors (Lipinski definition) is 4. The van der Waals surface area contributed by atoms with Crippen molar-refractivity contribution in [3.63, 3.8) is 0 Å². The number of anilines is 2. The molecule has 1 amide bonds. The number of ether oxygens (including phenoxy) is 1. The molecule has 0 fully saturated rings. The summed E-state index contributed by atoms with van der Waals surface area (Å²) in [5.41, 5.74) is 1.62. The van der Waals surface area contributed by atoms with E-state index in [0.717, 1.165) is 11.5 Å². The van der Waals surface area contributed by atoms with Crippen LogP contribution in [-0.2, 0) is 9.57 Å². The fourth-order valence-electron chi connectivity index (χ4n) is 1.43. The first-order valence-electron chi connectivity index (χ1n) is 5.93. The van der Waals surface area contributed by atoms with Gasteiger partial charge in [0.15, 0.2) is 0 Å². The number of carbonyl (C=O) groups is 1. The number of nitrogens with zero attached hydrogens (tertiary/aromatic N) is 2. The van der Waals surface area contributed by atoms with E-state index in [1.54, 1.807) is 19.1 Å². The molecule has 1 N–H and O–H groups in total. The second-order valence-electron chi connectivity index (χ2n) is 3.77. The molecule has 0 aliphatic carbocycles. The minimum atomic E-state index is -0.458. The van der Waals surface area contributed by atoms with E-state index < -0.39 is 6.09 Å². The molecular formula is C13H19N3O3. The fraction of sp³-hybridized carbons (Fsp3) is 0.385. The van der Waals surface area contributed by atoms with Crippen molar-refractivity contribution in [2.45, 2.75) is 13.8 Å². The Morgan fingerprint density at radius 3 is 2.53 bits per heavy atom. The lowest BCUT2D eigenvalue weighted by Crippen LogP contribution is -2.23. The van der Waals surface area contributed by atoms with E-state index >= 15 is 0 Å². The molecule has 0 atom stereocenters. The van der Waals surface area contributed by atoms with Gasteiger partial charge in [-0.25, -0.2) is 4.79 Å². The van der Waals surface area contributed by atoms with Gasteiger partial charge in [0.2, 0.25) is 0 Å². The SMILES string of the molecule is CCOC(=O)Nc1ccc(N(C)C(C)=NOC)cc1. The maximum atomic E-state index is 11.2. The Morgan fingerprint density at radius 1 is 1.37 bits per heavy atom. The molecule has 6 nitrogen and oxygen atoms in total. The third kappa shape index (κ3) is 4.50. The van der Waals surface area contributed by atoms with Crippen molar-refractivity contribution < 1.29 is 14.4 Å². The zero-order valence-electron chi connectivity index (χ0n) is 11.6. The summed E-state index contributed by atoms with van der Waals surface area (Å²) in [7, 11) is 3.38. The quantitative estimate of drug-likeness (QED) is 0.516. The van der Waals surface area contributed by atoms with Crippen LogP contribution in [0.3, 0.4) is 0 Å². The molecule has 1 aromatic rings. The zero-order chi connectivity index (χ0) is 14.3. The number of nitrogens with one attached hydrogen (secondary N) is 1. The standard InChI is InChI=1S/C13H19N3O3/c1-5-19-13(17)14-11-6-8-12(9-7-11)16(3)10(2)15-18-4/h6-9H,5H2,1-4H3,(H,14,17). The molecule has 1 aromatic carbocycles. The summed E-state index contributed by atoms with van der Waals surface area (Å²) in [4.78, 5) is 17.8. The van der Waals surface area contributed by atoms with E-state index in [4.69, 9.17) is 9.57 Å². The number of amides is 1. The molecule has 0 radical (unpaired) electrons. The molecule has 0 heterocycles. The number of carbonyl (C=O) groups excluding carboxylic acids is 1. The van der Waals surface area contributed by atoms with E-state index in [-0.39, 0.29) is 0 Å².